The van der Waals surface area contributed by atoms with E-state index >= 15 is 0 Å². The Kier molecular flexibility index (Phi) is 6.19. The molecule has 3 N–H and O–H groups in total. The van der Waals surface area contributed by atoms with Crippen molar-refractivity contribution in [2.45, 2.75) is 117 Å². The predicted octanol–water partition coefficient (Wildman–Crippen LogP) is 4.73. The van der Waals surface area contributed by atoms with E-state index in [1.165, 1.54) is 0 Å². The SMILES string of the molecule is CC(C)CC[C@@H](O)[C@](C)(O)[C@H]1CC[C@H]2[C@@H]3CC(=O)[C@H]4C[C@H](O)CC[C@]4(C)[C@H]3CC[C@]12C. The molecule has 10 atom stereocenters. The van der Waals surface area contributed by atoms with E-state index in [4.69, 9.17) is 0 Å². The Labute approximate surface area is 189 Å². The summed E-state index contributed by atoms with van der Waals surface area (Å²) in [5.41, 5.74) is -1.07. The number of ketones is 1. The van der Waals surface area contributed by atoms with Crippen molar-refractivity contribution in [3.8, 4) is 0 Å². The molecule has 4 fully saturated rings. The van der Waals surface area contributed by atoms with E-state index in [2.05, 4.69) is 27.7 Å². The Hall–Kier alpha value is -0.450. The summed E-state index contributed by atoms with van der Waals surface area (Å²) in [5, 5.41) is 32.7. The Morgan fingerprint density at radius 2 is 1.68 bits per heavy atom. The molecule has 4 heteroatoms. The van der Waals surface area contributed by atoms with E-state index < -0.39 is 11.7 Å². The van der Waals surface area contributed by atoms with Gasteiger partial charge < -0.3 is 15.3 Å². The lowest BCUT2D eigenvalue weighted by Crippen LogP contribution is -2.59. The van der Waals surface area contributed by atoms with Gasteiger partial charge in [0.05, 0.1) is 17.8 Å². The van der Waals surface area contributed by atoms with Gasteiger partial charge in [-0.15, -0.1) is 0 Å². The molecule has 0 amide bonds. The molecule has 0 saturated heterocycles. The average Bonchev–Trinajstić information content (AvgIpc) is 3.05. The zero-order valence-corrected chi connectivity index (χ0v) is 20.4. The summed E-state index contributed by atoms with van der Waals surface area (Å²) in [6.45, 7) is 10.9. The van der Waals surface area contributed by atoms with Crippen LogP contribution in [-0.4, -0.2) is 38.9 Å². The van der Waals surface area contributed by atoms with Gasteiger partial charge in [0.1, 0.15) is 5.78 Å². The van der Waals surface area contributed by atoms with Crippen LogP contribution in [0, 0.1) is 46.3 Å². The number of aliphatic hydroxyl groups excluding tert-OH is 2. The maximum atomic E-state index is 13.3. The van der Waals surface area contributed by atoms with Gasteiger partial charge in [-0.2, -0.15) is 0 Å². The van der Waals surface area contributed by atoms with Gasteiger partial charge >= 0.3 is 0 Å². The third kappa shape index (κ3) is 3.73. The van der Waals surface area contributed by atoms with Crippen molar-refractivity contribution in [2.24, 2.45) is 46.3 Å². The zero-order chi connectivity index (χ0) is 22.8. The van der Waals surface area contributed by atoms with Crippen LogP contribution in [0.2, 0.25) is 0 Å². The zero-order valence-electron chi connectivity index (χ0n) is 20.4. The molecule has 0 unspecified atom stereocenters. The summed E-state index contributed by atoms with van der Waals surface area (Å²) in [7, 11) is 0. The molecule has 0 radical (unpaired) electrons. The molecule has 4 rings (SSSR count). The number of carbonyl (C=O) groups excluding carboxylic acids is 1. The second-order valence-corrected chi connectivity index (χ2v) is 12.9. The lowest BCUT2D eigenvalue weighted by molar-refractivity contribution is -0.173. The van der Waals surface area contributed by atoms with E-state index in [1.807, 2.05) is 6.92 Å². The van der Waals surface area contributed by atoms with Crippen molar-refractivity contribution >= 4 is 5.78 Å². The lowest BCUT2D eigenvalue weighted by atomic mass is 9.44. The molecule has 0 aliphatic heterocycles. The number of Topliss-reactive ketones (excluding diaryl/α,β-unsaturated/α-hetero) is 1. The highest BCUT2D eigenvalue weighted by Gasteiger charge is 2.64. The Morgan fingerprint density at radius 3 is 2.35 bits per heavy atom. The highest BCUT2D eigenvalue weighted by molar-refractivity contribution is 5.83. The number of carbonyl (C=O) groups is 1. The molecule has 4 aliphatic carbocycles. The fourth-order valence-corrected chi connectivity index (χ4v) is 9.00. The third-order valence-electron chi connectivity index (χ3n) is 10.8. The Bertz CT molecular complexity index is 687. The van der Waals surface area contributed by atoms with Crippen molar-refractivity contribution in [1.82, 2.24) is 0 Å². The number of hydrogen-bond acceptors (Lipinski definition) is 4. The van der Waals surface area contributed by atoms with Crippen LogP contribution in [-0.2, 0) is 4.79 Å². The minimum atomic E-state index is -1.08. The van der Waals surface area contributed by atoms with Crippen molar-refractivity contribution < 1.29 is 20.1 Å². The van der Waals surface area contributed by atoms with Crippen LogP contribution in [0.3, 0.4) is 0 Å². The highest BCUT2D eigenvalue weighted by Crippen LogP contribution is 2.68. The van der Waals surface area contributed by atoms with E-state index in [-0.39, 0.29) is 28.8 Å². The molecule has 4 aliphatic rings. The molecular weight excluding hydrogens is 388 g/mol. The minimum absolute atomic E-state index is 0.0128. The van der Waals surface area contributed by atoms with Crippen molar-refractivity contribution in [2.75, 3.05) is 0 Å². The van der Waals surface area contributed by atoms with Crippen molar-refractivity contribution in [3.05, 3.63) is 0 Å². The largest absolute Gasteiger partial charge is 0.393 e. The van der Waals surface area contributed by atoms with Gasteiger partial charge in [0.25, 0.3) is 0 Å². The van der Waals surface area contributed by atoms with Crippen LogP contribution in [0.4, 0.5) is 0 Å². The van der Waals surface area contributed by atoms with E-state index in [9.17, 15) is 20.1 Å². The quantitative estimate of drug-likeness (QED) is 0.584. The second kappa shape index (κ2) is 8.09. The summed E-state index contributed by atoms with van der Waals surface area (Å²) in [6, 6.07) is 0. The van der Waals surface area contributed by atoms with Crippen LogP contribution in [0.25, 0.3) is 0 Å². The monoisotopic (exact) mass is 434 g/mol. The van der Waals surface area contributed by atoms with Crippen molar-refractivity contribution in [1.29, 1.82) is 0 Å². The molecule has 0 heterocycles. The van der Waals surface area contributed by atoms with Crippen LogP contribution in [0.1, 0.15) is 98.8 Å². The average molecular weight is 435 g/mol. The molecule has 0 bridgehead atoms. The fraction of sp³-hybridized carbons (Fsp3) is 0.963. The van der Waals surface area contributed by atoms with Gasteiger partial charge in [-0.3, -0.25) is 4.79 Å². The number of aliphatic hydroxyl groups is 3. The summed E-state index contributed by atoms with van der Waals surface area (Å²) in [5.74, 6) is 2.41. The molecule has 31 heavy (non-hydrogen) atoms. The molecule has 0 aromatic heterocycles. The van der Waals surface area contributed by atoms with Crippen LogP contribution in [0.15, 0.2) is 0 Å². The first-order chi connectivity index (χ1) is 14.4. The second-order valence-electron chi connectivity index (χ2n) is 12.9. The van der Waals surface area contributed by atoms with Gasteiger partial charge in [-0.1, -0.05) is 27.7 Å². The first-order valence-corrected chi connectivity index (χ1v) is 13.0. The van der Waals surface area contributed by atoms with Gasteiger partial charge in [-0.25, -0.2) is 0 Å². The fourth-order valence-electron chi connectivity index (χ4n) is 9.00. The lowest BCUT2D eigenvalue weighted by Gasteiger charge is -2.61. The molecule has 178 valence electrons. The molecule has 0 aromatic rings. The smallest absolute Gasteiger partial charge is 0.136 e. The molecule has 0 aromatic carbocycles. The maximum absolute atomic E-state index is 13.3. The number of fused-ring (bicyclic) bond motifs is 5. The normalized spacial score (nSPS) is 48.0. The molecule has 4 saturated carbocycles. The maximum Gasteiger partial charge on any atom is 0.136 e. The summed E-state index contributed by atoms with van der Waals surface area (Å²) in [4.78, 5) is 13.3. The highest BCUT2D eigenvalue weighted by atomic mass is 16.3. The molecule has 4 nitrogen and oxygen atoms in total. The topological polar surface area (TPSA) is 77.8 Å². The summed E-state index contributed by atoms with van der Waals surface area (Å²) < 4.78 is 0. The first-order valence-electron chi connectivity index (χ1n) is 13.0. The minimum Gasteiger partial charge on any atom is -0.393 e. The summed E-state index contributed by atoms with van der Waals surface area (Å²) in [6.07, 6.45) is 7.86. The Morgan fingerprint density at radius 1 is 1.03 bits per heavy atom. The van der Waals surface area contributed by atoms with E-state index in [0.29, 0.717) is 48.7 Å². The molecular formula is C27H46O4. The van der Waals surface area contributed by atoms with E-state index in [0.717, 1.165) is 44.9 Å². The third-order valence-corrected chi connectivity index (χ3v) is 10.8. The Balaban J connectivity index is 1.56. The number of rotatable bonds is 5. The van der Waals surface area contributed by atoms with Gasteiger partial charge in [-0.05, 0) is 105 Å². The standard InChI is InChI=1S/C27H46O4/c1-16(2)6-9-24(30)27(5,31)23-8-7-19-18-15-22(29)21-14-17(28)10-12-25(21,3)20(18)11-13-26(19,23)4/h16-21,23-24,28,30-31H,6-15H2,1-5H3/t17-,18+,19+,20+,21-,23+,24-,25-,26+,27-/m1/s1. The van der Waals surface area contributed by atoms with Gasteiger partial charge in [0, 0.05) is 12.3 Å². The number of hydrogen-bond donors (Lipinski definition) is 3. The molecule has 0 spiro atoms. The van der Waals surface area contributed by atoms with Crippen LogP contribution >= 0.6 is 0 Å². The van der Waals surface area contributed by atoms with Crippen molar-refractivity contribution in [3.63, 3.8) is 0 Å². The van der Waals surface area contributed by atoms with E-state index in [1.54, 1.807) is 0 Å². The predicted molar refractivity (Wildman–Crippen MR) is 122 cm³/mol. The first kappa shape index (κ1) is 23.7. The summed E-state index contributed by atoms with van der Waals surface area (Å²) >= 11 is 0. The van der Waals surface area contributed by atoms with Crippen LogP contribution in [0.5, 0.6) is 0 Å². The van der Waals surface area contributed by atoms with Gasteiger partial charge in [0.15, 0.2) is 0 Å². The van der Waals surface area contributed by atoms with Gasteiger partial charge in [0.2, 0.25) is 0 Å². The van der Waals surface area contributed by atoms with Crippen LogP contribution < -0.4 is 0 Å².